The van der Waals surface area contributed by atoms with Gasteiger partial charge in [-0.05, 0) is 18.9 Å². The smallest absolute Gasteiger partial charge is 0.202 e. The SMILES string of the molecule is COc1c(N2CCN(CC#N)CC2)c(F)cc2c(=O)c3c(O)c(C#N)sc3n(C3CC3)c12. The van der Waals surface area contributed by atoms with Gasteiger partial charge in [-0.2, -0.15) is 10.5 Å². The van der Waals surface area contributed by atoms with E-state index >= 15 is 4.39 Å². The van der Waals surface area contributed by atoms with Gasteiger partial charge in [0.15, 0.2) is 17.3 Å². The standard InChI is InChI=1S/C22H20FN5O3S/c1-31-21-17-13(10-14(23)18(21)27-8-6-26(5-4-24)7-9-27)19(29)16-20(30)15(11-25)32-22(16)28(17)12-2-3-12/h10,12,30H,2-3,5-9H2,1H3. The molecule has 1 aromatic carbocycles. The average Bonchev–Trinajstić information content (AvgIpc) is 3.57. The van der Waals surface area contributed by atoms with Crippen LogP contribution in [0.15, 0.2) is 10.9 Å². The van der Waals surface area contributed by atoms with Crippen LogP contribution in [0.2, 0.25) is 0 Å². The summed E-state index contributed by atoms with van der Waals surface area (Å²) in [6, 6.07) is 5.39. The highest BCUT2D eigenvalue weighted by Crippen LogP contribution is 2.48. The number of benzene rings is 1. The number of hydrogen-bond donors (Lipinski definition) is 1. The second-order valence-electron chi connectivity index (χ2n) is 8.06. The van der Waals surface area contributed by atoms with Crippen LogP contribution in [0.25, 0.3) is 21.1 Å². The molecule has 3 aromatic rings. The van der Waals surface area contributed by atoms with Crippen LogP contribution in [0.3, 0.4) is 0 Å². The summed E-state index contributed by atoms with van der Waals surface area (Å²) >= 11 is 1.07. The molecule has 1 saturated carbocycles. The maximum absolute atomic E-state index is 15.4. The molecule has 0 bridgehead atoms. The Kier molecular flexibility index (Phi) is 4.92. The molecule has 32 heavy (non-hydrogen) atoms. The van der Waals surface area contributed by atoms with Crippen LogP contribution >= 0.6 is 11.3 Å². The summed E-state index contributed by atoms with van der Waals surface area (Å²) in [5, 5.41) is 29.0. The van der Waals surface area contributed by atoms with E-state index in [1.165, 1.54) is 13.2 Å². The molecule has 5 rings (SSSR count). The van der Waals surface area contributed by atoms with Crippen molar-refractivity contribution in [1.82, 2.24) is 9.47 Å². The molecular formula is C22H20FN5O3S. The highest BCUT2D eigenvalue weighted by molar-refractivity contribution is 7.19. The number of nitriles is 2. The predicted octanol–water partition coefficient (Wildman–Crippen LogP) is 2.92. The summed E-state index contributed by atoms with van der Waals surface area (Å²) in [5.41, 5.74) is 0.282. The lowest BCUT2D eigenvalue weighted by molar-refractivity contribution is 0.285. The number of piperazine rings is 1. The van der Waals surface area contributed by atoms with Crippen molar-refractivity contribution in [3.63, 3.8) is 0 Å². The number of methoxy groups -OCH3 is 1. The number of pyridine rings is 1. The first kappa shape index (κ1) is 20.6. The van der Waals surface area contributed by atoms with Gasteiger partial charge in [0.2, 0.25) is 5.43 Å². The van der Waals surface area contributed by atoms with Crippen molar-refractivity contribution in [2.45, 2.75) is 18.9 Å². The molecule has 10 heteroatoms. The van der Waals surface area contributed by atoms with E-state index in [-0.39, 0.29) is 33.2 Å². The van der Waals surface area contributed by atoms with Crippen molar-refractivity contribution in [2.24, 2.45) is 0 Å². The molecule has 1 aliphatic heterocycles. The first-order chi connectivity index (χ1) is 15.5. The zero-order valence-corrected chi connectivity index (χ0v) is 18.2. The average molecular weight is 453 g/mol. The van der Waals surface area contributed by atoms with E-state index in [0.29, 0.717) is 48.8 Å². The number of ether oxygens (including phenoxy) is 1. The van der Waals surface area contributed by atoms with Gasteiger partial charge in [-0.15, -0.1) is 11.3 Å². The van der Waals surface area contributed by atoms with Crippen molar-refractivity contribution in [3.05, 3.63) is 27.0 Å². The fourth-order valence-electron chi connectivity index (χ4n) is 4.51. The molecule has 1 N–H and O–H groups in total. The third kappa shape index (κ3) is 2.99. The third-order valence-corrected chi connectivity index (χ3v) is 7.26. The lowest BCUT2D eigenvalue weighted by atomic mass is 10.1. The topological polar surface area (TPSA) is 106 Å². The summed E-state index contributed by atoms with van der Waals surface area (Å²) in [6.07, 6.45) is 1.77. The Morgan fingerprint density at radius 3 is 2.59 bits per heavy atom. The molecule has 3 heterocycles. The van der Waals surface area contributed by atoms with Crippen LogP contribution in [0.5, 0.6) is 11.5 Å². The Balaban J connectivity index is 1.79. The van der Waals surface area contributed by atoms with Crippen LogP contribution in [-0.4, -0.2) is 54.4 Å². The molecule has 164 valence electrons. The Labute approximate surface area is 186 Å². The quantitative estimate of drug-likeness (QED) is 0.606. The summed E-state index contributed by atoms with van der Waals surface area (Å²) < 4.78 is 23.1. The molecule has 0 radical (unpaired) electrons. The molecule has 0 unspecified atom stereocenters. The maximum Gasteiger partial charge on any atom is 0.202 e. The van der Waals surface area contributed by atoms with Gasteiger partial charge in [0.05, 0.1) is 30.6 Å². The van der Waals surface area contributed by atoms with E-state index in [1.54, 1.807) is 0 Å². The molecule has 2 fully saturated rings. The summed E-state index contributed by atoms with van der Waals surface area (Å²) in [4.78, 5) is 17.8. The lowest BCUT2D eigenvalue weighted by Crippen LogP contribution is -2.46. The highest BCUT2D eigenvalue weighted by atomic mass is 32.1. The Bertz CT molecular complexity index is 1390. The van der Waals surface area contributed by atoms with Gasteiger partial charge >= 0.3 is 0 Å². The molecule has 0 amide bonds. The van der Waals surface area contributed by atoms with E-state index in [9.17, 15) is 15.2 Å². The predicted molar refractivity (Wildman–Crippen MR) is 119 cm³/mol. The molecule has 2 aromatic heterocycles. The minimum atomic E-state index is -0.572. The largest absolute Gasteiger partial charge is 0.505 e. The van der Waals surface area contributed by atoms with Gasteiger partial charge in [0, 0.05) is 32.2 Å². The van der Waals surface area contributed by atoms with E-state index in [0.717, 1.165) is 24.2 Å². The van der Waals surface area contributed by atoms with Crippen LogP contribution in [0.1, 0.15) is 23.8 Å². The number of aromatic hydroxyl groups is 1. The maximum atomic E-state index is 15.4. The fraction of sp³-hybridized carbons (Fsp3) is 0.409. The van der Waals surface area contributed by atoms with Crippen LogP contribution in [0.4, 0.5) is 10.1 Å². The first-order valence-corrected chi connectivity index (χ1v) is 11.2. The fourth-order valence-corrected chi connectivity index (χ4v) is 5.58. The number of anilines is 1. The van der Waals surface area contributed by atoms with Crippen molar-refractivity contribution >= 4 is 38.1 Å². The lowest BCUT2D eigenvalue weighted by Gasteiger charge is -2.36. The molecule has 8 nitrogen and oxygen atoms in total. The van der Waals surface area contributed by atoms with Gasteiger partial charge in [-0.1, -0.05) is 0 Å². The van der Waals surface area contributed by atoms with Crippen LogP contribution < -0.4 is 15.1 Å². The molecule has 0 atom stereocenters. The van der Waals surface area contributed by atoms with E-state index in [2.05, 4.69) is 6.07 Å². The van der Waals surface area contributed by atoms with Crippen molar-refractivity contribution in [3.8, 4) is 23.6 Å². The summed E-state index contributed by atoms with van der Waals surface area (Å²) in [6.45, 7) is 2.61. The summed E-state index contributed by atoms with van der Waals surface area (Å²) in [7, 11) is 1.46. The van der Waals surface area contributed by atoms with Gasteiger partial charge < -0.3 is 19.3 Å². The Morgan fingerprint density at radius 1 is 1.28 bits per heavy atom. The van der Waals surface area contributed by atoms with Crippen molar-refractivity contribution in [1.29, 1.82) is 10.5 Å². The van der Waals surface area contributed by atoms with Gasteiger partial charge in [0.1, 0.15) is 26.9 Å². The number of rotatable bonds is 4. The first-order valence-electron chi connectivity index (χ1n) is 10.3. The van der Waals surface area contributed by atoms with Crippen molar-refractivity contribution < 1.29 is 14.2 Å². The molecule has 2 aliphatic rings. The van der Waals surface area contributed by atoms with Crippen molar-refractivity contribution in [2.75, 3.05) is 44.7 Å². The number of fused-ring (bicyclic) bond motifs is 2. The molecule has 1 saturated heterocycles. The zero-order valence-electron chi connectivity index (χ0n) is 17.4. The van der Waals surface area contributed by atoms with E-state index < -0.39 is 11.2 Å². The third-order valence-electron chi connectivity index (χ3n) is 6.18. The molecule has 1 aliphatic carbocycles. The zero-order chi connectivity index (χ0) is 22.6. The second-order valence-corrected chi connectivity index (χ2v) is 9.06. The molecule has 0 spiro atoms. The van der Waals surface area contributed by atoms with E-state index in [1.807, 2.05) is 20.4 Å². The highest BCUT2D eigenvalue weighted by Gasteiger charge is 2.34. The Morgan fingerprint density at radius 2 is 2.00 bits per heavy atom. The van der Waals surface area contributed by atoms with Crippen LogP contribution in [-0.2, 0) is 0 Å². The number of hydrogen-bond acceptors (Lipinski definition) is 8. The van der Waals surface area contributed by atoms with Crippen LogP contribution in [0, 0.1) is 28.5 Å². The van der Waals surface area contributed by atoms with Gasteiger partial charge in [-0.25, -0.2) is 4.39 Å². The van der Waals surface area contributed by atoms with Gasteiger partial charge in [-0.3, -0.25) is 9.69 Å². The van der Waals surface area contributed by atoms with E-state index in [4.69, 9.17) is 10.00 Å². The number of nitrogens with zero attached hydrogens (tertiary/aromatic N) is 5. The number of halogens is 1. The molecular weight excluding hydrogens is 433 g/mol. The minimum Gasteiger partial charge on any atom is -0.505 e. The number of aromatic nitrogens is 1. The summed E-state index contributed by atoms with van der Waals surface area (Å²) in [5.74, 6) is -0.631. The second kappa shape index (κ2) is 7.66. The van der Waals surface area contributed by atoms with Gasteiger partial charge in [0.25, 0.3) is 0 Å². The monoisotopic (exact) mass is 453 g/mol. The normalized spacial score (nSPS) is 16.9. The minimum absolute atomic E-state index is 0.0604. The Hall–Kier alpha value is -3.34. The number of thiophene rings is 1.